The van der Waals surface area contributed by atoms with Crippen molar-refractivity contribution in [3.05, 3.63) is 34.2 Å². The number of rotatable bonds is 11. The first kappa shape index (κ1) is 20.3. The lowest BCUT2D eigenvalue weighted by Gasteiger charge is -2.19. The topological polar surface area (TPSA) is 122 Å². The molecule has 4 rings (SSSR count). The van der Waals surface area contributed by atoms with E-state index in [1.54, 1.807) is 0 Å². The van der Waals surface area contributed by atoms with E-state index in [1.807, 2.05) is 14.0 Å². The lowest BCUT2D eigenvalue weighted by Crippen LogP contribution is -2.31. The molecule has 1 aliphatic heterocycles. The lowest BCUT2D eigenvalue weighted by molar-refractivity contribution is 0.297. The van der Waals surface area contributed by atoms with Gasteiger partial charge in [0.1, 0.15) is 17.1 Å². The van der Waals surface area contributed by atoms with E-state index in [9.17, 15) is 13.2 Å². The number of nitrogens with zero attached hydrogens (tertiary/aromatic N) is 4. The second-order valence-electron chi connectivity index (χ2n) is 8.91. The Morgan fingerprint density at radius 2 is 2.17 bits per heavy atom. The number of likely N-dealkylation sites (tertiary alicyclic amines) is 1. The number of aromatic nitrogens is 4. The highest BCUT2D eigenvalue weighted by Crippen LogP contribution is 2.31. The van der Waals surface area contributed by atoms with Gasteiger partial charge in [-0.1, -0.05) is 20.2 Å². The third kappa shape index (κ3) is 5.47. The summed E-state index contributed by atoms with van der Waals surface area (Å²) in [6.07, 6.45) is 0.190. The molecular weight excluding hydrogens is 480 g/mol. The van der Waals surface area contributed by atoms with Crippen LogP contribution < -0.4 is 15.0 Å². The lowest BCUT2D eigenvalue weighted by atomic mass is 10.1. The number of ether oxygens (including phenoxy) is 1. The Labute approximate surface area is 219 Å². The van der Waals surface area contributed by atoms with Crippen LogP contribution >= 0.6 is 0 Å². The highest BCUT2D eigenvalue weighted by molar-refractivity contribution is 7.89. The molecular formula is C25H36N6O4S. The first-order valence-electron chi connectivity index (χ1n) is 14.6. The van der Waals surface area contributed by atoms with Crippen molar-refractivity contribution in [2.45, 2.75) is 63.2 Å². The van der Waals surface area contributed by atoms with Gasteiger partial charge in [-0.25, -0.2) is 18.1 Å². The number of hydrogen-bond donors (Lipinski definition) is 2. The Morgan fingerprint density at radius 3 is 2.89 bits per heavy atom. The highest BCUT2D eigenvalue weighted by atomic mass is 32.2. The minimum atomic E-state index is -3.92. The summed E-state index contributed by atoms with van der Waals surface area (Å²) in [7, 11) is -0.456. The fourth-order valence-electron chi connectivity index (χ4n) is 4.50. The SMILES string of the molecule is [2H]C([2H])([2H])CC([2H])([2H])c1nn(C)c2c(=O)[nH]c(-c3cc(S(=O)(=O)NCCC4CCCN4C)ccc3OCCC)nc12. The molecule has 3 aromatic rings. The first-order valence-corrected chi connectivity index (χ1v) is 13.6. The number of sulfonamides is 1. The Kier molecular flexibility index (Phi) is 6.26. The molecule has 0 spiro atoms. The zero-order valence-corrected chi connectivity index (χ0v) is 21.6. The normalized spacial score (nSPS) is 19.5. The summed E-state index contributed by atoms with van der Waals surface area (Å²) in [4.78, 5) is 22.4. The van der Waals surface area contributed by atoms with Crippen molar-refractivity contribution in [2.24, 2.45) is 7.05 Å². The van der Waals surface area contributed by atoms with E-state index in [1.165, 1.54) is 25.2 Å². The molecule has 3 heterocycles. The minimum absolute atomic E-state index is 0.0449. The fraction of sp³-hybridized carbons (Fsp3) is 0.560. The molecule has 0 amide bonds. The quantitative estimate of drug-likeness (QED) is 0.398. The predicted octanol–water partition coefficient (Wildman–Crippen LogP) is 2.83. The van der Waals surface area contributed by atoms with E-state index >= 15 is 0 Å². The van der Waals surface area contributed by atoms with Crippen LogP contribution in [0.2, 0.25) is 0 Å². The molecule has 0 radical (unpaired) electrons. The maximum absolute atomic E-state index is 13.2. The number of nitrogens with one attached hydrogen (secondary N) is 2. The molecule has 1 atom stereocenters. The van der Waals surface area contributed by atoms with Gasteiger partial charge < -0.3 is 14.6 Å². The molecule has 1 unspecified atom stereocenters. The monoisotopic (exact) mass is 521 g/mol. The van der Waals surface area contributed by atoms with Crippen LogP contribution in [-0.4, -0.2) is 65.9 Å². The van der Waals surface area contributed by atoms with Gasteiger partial charge >= 0.3 is 0 Å². The number of hydrogen-bond acceptors (Lipinski definition) is 7. The van der Waals surface area contributed by atoms with Crippen LogP contribution in [0, 0.1) is 0 Å². The predicted molar refractivity (Wildman–Crippen MR) is 140 cm³/mol. The molecule has 1 saturated heterocycles. The van der Waals surface area contributed by atoms with Gasteiger partial charge in [0.15, 0.2) is 5.52 Å². The largest absolute Gasteiger partial charge is 0.493 e. The van der Waals surface area contributed by atoms with Crippen LogP contribution in [0.15, 0.2) is 27.9 Å². The van der Waals surface area contributed by atoms with E-state index in [2.05, 4.69) is 24.7 Å². The third-order valence-corrected chi connectivity index (χ3v) is 7.83. The number of fused-ring (bicyclic) bond motifs is 1. The second kappa shape index (κ2) is 11.1. The van der Waals surface area contributed by atoms with Crippen molar-refractivity contribution >= 4 is 21.1 Å². The smallest absolute Gasteiger partial charge is 0.277 e. The zero-order chi connectivity index (χ0) is 30.2. The molecule has 2 N–H and O–H groups in total. The maximum atomic E-state index is 13.2. The average Bonchev–Trinajstić information content (AvgIpc) is 3.44. The van der Waals surface area contributed by atoms with Crippen molar-refractivity contribution in [3.8, 4) is 17.1 Å². The molecule has 1 aliphatic rings. The number of aryl methyl sites for hydroxylation is 2. The van der Waals surface area contributed by atoms with Crippen molar-refractivity contribution < 1.29 is 20.0 Å². The van der Waals surface area contributed by atoms with Gasteiger partial charge in [0.05, 0.1) is 22.8 Å². The van der Waals surface area contributed by atoms with Crippen LogP contribution in [0.4, 0.5) is 0 Å². The molecule has 0 bridgehead atoms. The van der Waals surface area contributed by atoms with E-state index < -0.39 is 35.2 Å². The molecule has 36 heavy (non-hydrogen) atoms. The molecule has 10 nitrogen and oxygen atoms in total. The summed E-state index contributed by atoms with van der Waals surface area (Å²) < 4.78 is 75.5. The fourth-order valence-corrected chi connectivity index (χ4v) is 5.57. The first-order chi connectivity index (χ1) is 19.1. The summed E-state index contributed by atoms with van der Waals surface area (Å²) in [6.45, 7) is 0.885. The van der Waals surface area contributed by atoms with Crippen LogP contribution in [-0.2, 0) is 23.4 Å². The maximum Gasteiger partial charge on any atom is 0.277 e. The molecule has 1 aromatic carbocycles. The number of H-pyrrole nitrogens is 1. The second-order valence-corrected chi connectivity index (χ2v) is 10.7. The van der Waals surface area contributed by atoms with Crippen molar-refractivity contribution in [3.63, 3.8) is 0 Å². The van der Waals surface area contributed by atoms with Crippen molar-refractivity contribution in [2.75, 3.05) is 26.7 Å². The van der Waals surface area contributed by atoms with Crippen molar-refractivity contribution in [1.82, 2.24) is 29.4 Å². The van der Waals surface area contributed by atoms with Crippen LogP contribution in [0.3, 0.4) is 0 Å². The summed E-state index contributed by atoms with van der Waals surface area (Å²) >= 11 is 0. The van der Waals surface area contributed by atoms with E-state index in [4.69, 9.17) is 11.6 Å². The molecule has 2 aromatic heterocycles. The molecule has 11 heteroatoms. The average molecular weight is 522 g/mol. The van der Waals surface area contributed by atoms with Gasteiger partial charge in [-0.05, 0) is 63.8 Å². The highest BCUT2D eigenvalue weighted by Gasteiger charge is 2.23. The third-order valence-electron chi connectivity index (χ3n) is 6.37. The Morgan fingerprint density at radius 1 is 1.33 bits per heavy atom. The van der Waals surface area contributed by atoms with E-state index in [-0.39, 0.29) is 45.3 Å². The Hall–Kier alpha value is -2.76. The van der Waals surface area contributed by atoms with Crippen LogP contribution in [0.5, 0.6) is 5.75 Å². The number of benzene rings is 1. The van der Waals surface area contributed by atoms with Crippen LogP contribution in [0.25, 0.3) is 22.4 Å². The summed E-state index contributed by atoms with van der Waals surface area (Å²) in [5, 5.41) is 4.11. The Bertz CT molecular complexity index is 1570. The molecule has 0 aliphatic carbocycles. The zero-order valence-electron chi connectivity index (χ0n) is 25.8. The standard InChI is InChI=1S/C25H36N6O4S/c1-5-8-20-22-23(31(4)29-20)25(32)28-24(27-22)19-16-18(10-11-21(19)35-15-6-2)36(33,34)26-13-12-17-9-7-14-30(17)3/h10-11,16-17,26H,5-9,12-15H2,1-4H3,(H,27,28,32)/i1D3,8D2. The van der Waals surface area contributed by atoms with Crippen molar-refractivity contribution in [1.29, 1.82) is 0 Å². The molecule has 0 saturated carbocycles. The van der Waals surface area contributed by atoms with Gasteiger partial charge in [-0.15, -0.1) is 0 Å². The van der Waals surface area contributed by atoms with Gasteiger partial charge in [0, 0.05) is 26.5 Å². The van der Waals surface area contributed by atoms with Gasteiger partial charge in [-0.2, -0.15) is 5.10 Å². The summed E-state index contributed by atoms with van der Waals surface area (Å²) in [6, 6.07) is 4.58. The van der Waals surface area contributed by atoms with Gasteiger partial charge in [0.2, 0.25) is 10.0 Å². The van der Waals surface area contributed by atoms with E-state index in [0.717, 1.165) is 24.1 Å². The Balaban J connectivity index is 1.77. The minimum Gasteiger partial charge on any atom is -0.493 e. The van der Waals surface area contributed by atoms with Crippen LogP contribution in [0.1, 0.15) is 58.4 Å². The van der Waals surface area contributed by atoms with Gasteiger partial charge in [0.25, 0.3) is 5.56 Å². The molecule has 196 valence electrons. The summed E-state index contributed by atoms with van der Waals surface area (Å²) in [5.41, 5.74) is -0.922. The summed E-state index contributed by atoms with van der Waals surface area (Å²) in [5.74, 6) is 0.217. The number of aromatic amines is 1. The van der Waals surface area contributed by atoms with E-state index in [0.29, 0.717) is 25.5 Å². The van der Waals surface area contributed by atoms with Gasteiger partial charge in [-0.3, -0.25) is 9.48 Å². The molecule has 1 fully saturated rings.